The maximum Gasteiger partial charge on any atom is 0.224 e. The van der Waals surface area contributed by atoms with Gasteiger partial charge in [-0.2, -0.15) is 4.98 Å². The Morgan fingerprint density at radius 3 is 3.00 bits per heavy atom. The number of rotatable bonds is 6. The lowest BCUT2D eigenvalue weighted by atomic mass is 10.4. The summed E-state index contributed by atoms with van der Waals surface area (Å²) in [7, 11) is 0. The third-order valence-corrected chi connectivity index (χ3v) is 1.88. The first-order chi connectivity index (χ1) is 7.72. The monoisotopic (exact) mass is 223 g/mol. The van der Waals surface area contributed by atoms with Crippen LogP contribution >= 0.6 is 0 Å². The van der Waals surface area contributed by atoms with Gasteiger partial charge in [-0.3, -0.25) is 4.79 Å². The molecule has 4 N–H and O–H groups in total. The number of amides is 1. The summed E-state index contributed by atoms with van der Waals surface area (Å²) < 4.78 is 0. The Labute approximate surface area is 94.7 Å². The average Bonchev–Trinajstić information content (AvgIpc) is 2.26. The Kier molecular flexibility index (Phi) is 5.04. The Morgan fingerprint density at radius 1 is 1.50 bits per heavy atom. The van der Waals surface area contributed by atoms with Crippen LogP contribution in [0.15, 0.2) is 12.3 Å². The van der Waals surface area contributed by atoms with E-state index < -0.39 is 0 Å². The van der Waals surface area contributed by atoms with Crippen LogP contribution in [-0.2, 0) is 4.79 Å². The molecule has 0 aliphatic heterocycles. The summed E-state index contributed by atoms with van der Waals surface area (Å²) in [6, 6.07) is 1.61. The quantitative estimate of drug-likeness (QED) is 0.648. The number of nitrogens with zero attached hydrogens (tertiary/aromatic N) is 2. The van der Waals surface area contributed by atoms with Gasteiger partial charge in [-0.1, -0.05) is 6.92 Å². The van der Waals surface area contributed by atoms with Crippen molar-refractivity contribution >= 4 is 17.7 Å². The molecule has 0 aliphatic carbocycles. The second kappa shape index (κ2) is 6.60. The molecule has 1 amide bonds. The molecule has 16 heavy (non-hydrogen) atoms. The summed E-state index contributed by atoms with van der Waals surface area (Å²) in [5.41, 5.74) is 5.49. The highest BCUT2D eigenvalue weighted by Crippen LogP contribution is 2.00. The first-order valence-electron chi connectivity index (χ1n) is 5.31. The number of anilines is 2. The molecule has 0 saturated heterocycles. The number of carbonyl (C=O) groups excluding carboxylic acids is 1. The maximum absolute atomic E-state index is 11.2. The van der Waals surface area contributed by atoms with Gasteiger partial charge in [-0.15, -0.1) is 0 Å². The van der Waals surface area contributed by atoms with Crippen LogP contribution in [0.2, 0.25) is 0 Å². The van der Waals surface area contributed by atoms with Gasteiger partial charge in [-0.05, 0) is 12.5 Å². The molecule has 0 radical (unpaired) electrons. The molecule has 0 aliphatic rings. The fraction of sp³-hybridized carbons (Fsp3) is 0.500. The van der Waals surface area contributed by atoms with E-state index in [0.29, 0.717) is 31.3 Å². The molecule has 0 aromatic carbocycles. The van der Waals surface area contributed by atoms with Crippen molar-refractivity contribution in [3.8, 4) is 0 Å². The molecule has 0 bridgehead atoms. The molecule has 0 spiro atoms. The van der Waals surface area contributed by atoms with Gasteiger partial charge in [0.15, 0.2) is 0 Å². The van der Waals surface area contributed by atoms with Gasteiger partial charge in [0.1, 0.15) is 5.82 Å². The first kappa shape index (κ1) is 12.2. The lowest BCUT2D eigenvalue weighted by molar-refractivity contribution is -0.120. The van der Waals surface area contributed by atoms with Crippen LogP contribution in [-0.4, -0.2) is 29.0 Å². The first-order valence-corrected chi connectivity index (χ1v) is 5.31. The van der Waals surface area contributed by atoms with Gasteiger partial charge < -0.3 is 16.4 Å². The minimum Gasteiger partial charge on any atom is -0.384 e. The second-order valence-corrected chi connectivity index (χ2v) is 3.33. The zero-order chi connectivity index (χ0) is 11.8. The number of nitrogens with two attached hydrogens (primary N) is 1. The number of aromatic nitrogens is 2. The van der Waals surface area contributed by atoms with E-state index >= 15 is 0 Å². The second-order valence-electron chi connectivity index (χ2n) is 3.33. The van der Waals surface area contributed by atoms with E-state index in [-0.39, 0.29) is 5.91 Å². The fourth-order valence-electron chi connectivity index (χ4n) is 1.10. The average molecular weight is 223 g/mol. The van der Waals surface area contributed by atoms with Crippen molar-refractivity contribution in [2.24, 2.45) is 0 Å². The molecule has 6 heteroatoms. The van der Waals surface area contributed by atoms with E-state index in [9.17, 15) is 4.79 Å². The van der Waals surface area contributed by atoms with Crippen molar-refractivity contribution in [1.29, 1.82) is 0 Å². The summed E-state index contributed by atoms with van der Waals surface area (Å²) in [6.45, 7) is 3.23. The summed E-state index contributed by atoms with van der Waals surface area (Å²) in [5, 5.41) is 5.72. The standard InChI is InChI=1S/C10H17N5O/c1-2-5-12-9(16)4-7-14-10-13-6-3-8(11)15-10/h3,6H,2,4-5,7H2,1H3,(H,12,16)(H3,11,13,14,15). The summed E-state index contributed by atoms with van der Waals surface area (Å²) in [4.78, 5) is 19.2. The van der Waals surface area contributed by atoms with Crippen LogP contribution in [0.25, 0.3) is 0 Å². The van der Waals surface area contributed by atoms with E-state index in [0.717, 1.165) is 6.42 Å². The molecule has 88 valence electrons. The van der Waals surface area contributed by atoms with Gasteiger partial charge in [0.05, 0.1) is 0 Å². The third-order valence-electron chi connectivity index (χ3n) is 1.88. The number of hydrogen-bond donors (Lipinski definition) is 3. The van der Waals surface area contributed by atoms with Crippen molar-refractivity contribution in [3.05, 3.63) is 12.3 Å². The lowest BCUT2D eigenvalue weighted by Crippen LogP contribution is -2.26. The van der Waals surface area contributed by atoms with E-state index in [1.807, 2.05) is 6.92 Å². The van der Waals surface area contributed by atoms with Crippen LogP contribution in [0, 0.1) is 0 Å². The summed E-state index contributed by atoms with van der Waals surface area (Å²) in [6.07, 6.45) is 2.91. The Bertz CT molecular complexity index is 342. The summed E-state index contributed by atoms with van der Waals surface area (Å²) >= 11 is 0. The largest absolute Gasteiger partial charge is 0.384 e. The molecular formula is C10H17N5O. The Hall–Kier alpha value is -1.85. The van der Waals surface area contributed by atoms with Crippen LogP contribution in [0.4, 0.5) is 11.8 Å². The van der Waals surface area contributed by atoms with Crippen molar-refractivity contribution in [2.75, 3.05) is 24.1 Å². The number of hydrogen-bond acceptors (Lipinski definition) is 5. The van der Waals surface area contributed by atoms with E-state index in [1.165, 1.54) is 0 Å². The highest BCUT2D eigenvalue weighted by atomic mass is 16.1. The normalized spacial score (nSPS) is 9.81. The van der Waals surface area contributed by atoms with Gasteiger partial charge in [0.2, 0.25) is 11.9 Å². The van der Waals surface area contributed by atoms with Crippen molar-refractivity contribution < 1.29 is 4.79 Å². The zero-order valence-corrected chi connectivity index (χ0v) is 9.36. The molecule has 0 atom stereocenters. The molecule has 1 aromatic rings. The maximum atomic E-state index is 11.2. The molecule has 0 unspecified atom stereocenters. The molecule has 0 fully saturated rings. The van der Waals surface area contributed by atoms with Gasteiger partial charge >= 0.3 is 0 Å². The van der Waals surface area contributed by atoms with Crippen molar-refractivity contribution in [2.45, 2.75) is 19.8 Å². The third kappa shape index (κ3) is 4.59. The summed E-state index contributed by atoms with van der Waals surface area (Å²) in [5.74, 6) is 0.884. The van der Waals surface area contributed by atoms with Crippen molar-refractivity contribution in [3.63, 3.8) is 0 Å². The van der Waals surface area contributed by atoms with Crippen LogP contribution in [0.1, 0.15) is 19.8 Å². The zero-order valence-electron chi connectivity index (χ0n) is 9.36. The van der Waals surface area contributed by atoms with Gasteiger partial charge in [0.25, 0.3) is 0 Å². The topological polar surface area (TPSA) is 92.9 Å². The fourth-order valence-corrected chi connectivity index (χ4v) is 1.10. The smallest absolute Gasteiger partial charge is 0.224 e. The van der Waals surface area contributed by atoms with Gasteiger partial charge in [-0.25, -0.2) is 4.98 Å². The number of nitrogen functional groups attached to an aromatic ring is 1. The van der Waals surface area contributed by atoms with Crippen LogP contribution < -0.4 is 16.4 Å². The highest BCUT2D eigenvalue weighted by molar-refractivity contribution is 5.76. The highest BCUT2D eigenvalue weighted by Gasteiger charge is 2.00. The molecule has 0 saturated carbocycles. The predicted octanol–water partition coefficient (Wildman–Crippen LogP) is 0.387. The molecule has 1 heterocycles. The van der Waals surface area contributed by atoms with E-state index in [2.05, 4.69) is 20.6 Å². The van der Waals surface area contributed by atoms with E-state index in [1.54, 1.807) is 12.3 Å². The molecule has 1 rings (SSSR count). The molecule has 6 nitrogen and oxygen atoms in total. The minimum atomic E-state index is 0.0262. The molecule has 1 aromatic heterocycles. The van der Waals surface area contributed by atoms with Crippen LogP contribution in [0.3, 0.4) is 0 Å². The number of carbonyl (C=O) groups is 1. The van der Waals surface area contributed by atoms with E-state index in [4.69, 9.17) is 5.73 Å². The van der Waals surface area contributed by atoms with Crippen LogP contribution in [0.5, 0.6) is 0 Å². The Balaban J connectivity index is 2.22. The van der Waals surface area contributed by atoms with Gasteiger partial charge in [0, 0.05) is 25.7 Å². The molecular weight excluding hydrogens is 206 g/mol. The minimum absolute atomic E-state index is 0.0262. The number of nitrogens with one attached hydrogen (secondary N) is 2. The van der Waals surface area contributed by atoms with Crippen molar-refractivity contribution in [1.82, 2.24) is 15.3 Å². The SMILES string of the molecule is CCCNC(=O)CCNc1nccc(N)n1. The predicted molar refractivity (Wildman–Crippen MR) is 62.9 cm³/mol. The lowest BCUT2D eigenvalue weighted by Gasteiger charge is -2.05. The Morgan fingerprint density at radius 2 is 2.31 bits per heavy atom.